The van der Waals surface area contributed by atoms with Gasteiger partial charge in [0.25, 0.3) is 5.91 Å². The summed E-state index contributed by atoms with van der Waals surface area (Å²) in [5, 5.41) is 0.629. The van der Waals surface area contributed by atoms with Gasteiger partial charge in [-0.15, -0.1) is 0 Å². The minimum Gasteiger partial charge on any atom is -0.481 e. The Bertz CT molecular complexity index is 547. The van der Waals surface area contributed by atoms with Crippen molar-refractivity contribution in [2.24, 2.45) is 0 Å². The molecule has 6 heteroatoms. The largest absolute Gasteiger partial charge is 0.481 e. The molecule has 1 atom stereocenters. The number of halogens is 1. The minimum atomic E-state index is -0.565. The molecule has 0 bridgehead atoms. The molecule has 1 aromatic rings. The average molecular weight is 339 g/mol. The molecule has 0 aromatic heterocycles. The van der Waals surface area contributed by atoms with Crippen molar-refractivity contribution in [3.63, 3.8) is 0 Å². The number of hydrogen-bond donors (Lipinski definition) is 0. The summed E-state index contributed by atoms with van der Waals surface area (Å²) in [5.41, 5.74) is 0. The second kappa shape index (κ2) is 8.20. The molecule has 2 rings (SSSR count). The molecule has 0 saturated carbocycles. The first-order valence-electron chi connectivity index (χ1n) is 8.00. The maximum absolute atomic E-state index is 12.5. The van der Waals surface area contributed by atoms with Crippen molar-refractivity contribution in [3.05, 3.63) is 29.3 Å². The fraction of sp³-hybridized carbons (Fsp3) is 0.529. The highest BCUT2D eigenvalue weighted by molar-refractivity contribution is 6.30. The van der Waals surface area contributed by atoms with E-state index in [-0.39, 0.29) is 11.8 Å². The normalized spacial score (nSPS) is 16.7. The summed E-state index contributed by atoms with van der Waals surface area (Å²) >= 11 is 5.84. The highest BCUT2D eigenvalue weighted by Crippen LogP contribution is 2.17. The van der Waals surface area contributed by atoms with Gasteiger partial charge < -0.3 is 14.5 Å². The quantitative estimate of drug-likeness (QED) is 0.847. The van der Waals surface area contributed by atoms with Gasteiger partial charge in [0.05, 0.1) is 0 Å². The number of hydrogen-bond acceptors (Lipinski definition) is 3. The lowest BCUT2D eigenvalue weighted by Gasteiger charge is -2.25. The lowest BCUT2D eigenvalue weighted by molar-refractivity contribution is -0.138. The van der Waals surface area contributed by atoms with Crippen LogP contribution in [-0.2, 0) is 9.59 Å². The second-order valence-corrected chi connectivity index (χ2v) is 6.06. The molecule has 23 heavy (non-hydrogen) atoms. The molecule has 5 nitrogen and oxygen atoms in total. The van der Waals surface area contributed by atoms with E-state index in [4.69, 9.17) is 16.3 Å². The zero-order valence-electron chi connectivity index (χ0n) is 13.6. The van der Waals surface area contributed by atoms with Crippen molar-refractivity contribution in [2.45, 2.75) is 32.8 Å². The average Bonchev–Trinajstić information content (AvgIpc) is 2.81. The SMILES string of the molecule is CCC(=O)N1CCCN(C(=O)C(C)Oc2ccc(Cl)cc2)CC1. The van der Waals surface area contributed by atoms with Gasteiger partial charge in [0.2, 0.25) is 5.91 Å². The van der Waals surface area contributed by atoms with Crippen LogP contribution < -0.4 is 4.74 Å². The Labute approximate surface area is 142 Å². The van der Waals surface area contributed by atoms with Crippen molar-refractivity contribution in [1.82, 2.24) is 9.80 Å². The number of carbonyl (C=O) groups excluding carboxylic acids is 2. The van der Waals surface area contributed by atoms with E-state index in [1.807, 2.05) is 11.8 Å². The highest BCUT2D eigenvalue weighted by Gasteiger charge is 2.25. The maximum Gasteiger partial charge on any atom is 0.263 e. The molecule has 1 saturated heterocycles. The van der Waals surface area contributed by atoms with E-state index in [1.54, 1.807) is 36.1 Å². The molecule has 1 heterocycles. The summed E-state index contributed by atoms with van der Waals surface area (Å²) in [4.78, 5) is 27.9. The minimum absolute atomic E-state index is 0.0502. The van der Waals surface area contributed by atoms with Crippen molar-refractivity contribution in [2.75, 3.05) is 26.2 Å². The third-order valence-electron chi connectivity index (χ3n) is 3.94. The topological polar surface area (TPSA) is 49.9 Å². The summed E-state index contributed by atoms with van der Waals surface area (Å²) < 4.78 is 5.69. The van der Waals surface area contributed by atoms with Crippen LogP contribution in [0.5, 0.6) is 5.75 Å². The lowest BCUT2D eigenvalue weighted by atomic mass is 10.3. The first-order valence-corrected chi connectivity index (χ1v) is 8.38. The molecule has 0 radical (unpaired) electrons. The van der Waals surface area contributed by atoms with Crippen LogP contribution in [-0.4, -0.2) is 53.9 Å². The van der Waals surface area contributed by atoms with Gasteiger partial charge >= 0.3 is 0 Å². The van der Waals surface area contributed by atoms with Gasteiger partial charge in [0.15, 0.2) is 6.10 Å². The Morgan fingerprint density at radius 2 is 1.74 bits per heavy atom. The Kier molecular flexibility index (Phi) is 6.28. The summed E-state index contributed by atoms with van der Waals surface area (Å²) in [6, 6.07) is 6.95. The zero-order chi connectivity index (χ0) is 16.8. The molecule has 126 valence electrons. The Morgan fingerprint density at radius 1 is 1.13 bits per heavy atom. The van der Waals surface area contributed by atoms with E-state index in [2.05, 4.69) is 0 Å². The molecule has 0 spiro atoms. The molecule has 1 aliphatic heterocycles. The van der Waals surface area contributed by atoms with Crippen LogP contribution in [0.4, 0.5) is 0 Å². The van der Waals surface area contributed by atoms with E-state index >= 15 is 0 Å². The summed E-state index contributed by atoms with van der Waals surface area (Å²) in [6.45, 7) is 6.11. The van der Waals surface area contributed by atoms with E-state index < -0.39 is 6.10 Å². The number of rotatable bonds is 4. The van der Waals surface area contributed by atoms with Gasteiger partial charge in [-0.1, -0.05) is 18.5 Å². The van der Waals surface area contributed by atoms with Crippen LogP contribution in [0.25, 0.3) is 0 Å². The van der Waals surface area contributed by atoms with Crippen LogP contribution in [0.2, 0.25) is 5.02 Å². The van der Waals surface area contributed by atoms with Crippen LogP contribution in [0, 0.1) is 0 Å². The number of nitrogens with zero attached hydrogens (tertiary/aromatic N) is 2. The molecular weight excluding hydrogens is 316 g/mol. The van der Waals surface area contributed by atoms with Crippen LogP contribution >= 0.6 is 11.6 Å². The predicted molar refractivity (Wildman–Crippen MR) is 89.6 cm³/mol. The van der Waals surface area contributed by atoms with Gasteiger partial charge in [0, 0.05) is 37.6 Å². The summed E-state index contributed by atoms with van der Waals surface area (Å²) in [7, 11) is 0. The first kappa shape index (κ1) is 17.6. The smallest absolute Gasteiger partial charge is 0.263 e. The van der Waals surface area contributed by atoms with Gasteiger partial charge in [0.1, 0.15) is 5.75 Å². The van der Waals surface area contributed by atoms with Gasteiger partial charge in [-0.05, 0) is 37.6 Å². The zero-order valence-corrected chi connectivity index (χ0v) is 14.4. The number of carbonyl (C=O) groups is 2. The van der Waals surface area contributed by atoms with Crippen molar-refractivity contribution in [1.29, 1.82) is 0 Å². The lowest BCUT2D eigenvalue weighted by Crippen LogP contribution is -2.43. The number of benzene rings is 1. The number of amides is 2. The third-order valence-corrected chi connectivity index (χ3v) is 4.19. The fourth-order valence-electron chi connectivity index (χ4n) is 2.64. The van der Waals surface area contributed by atoms with Gasteiger partial charge in [-0.2, -0.15) is 0 Å². The molecule has 1 unspecified atom stereocenters. The van der Waals surface area contributed by atoms with E-state index in [9.17, 15) is 9.59 Å². The van der Waals surface area contributed by atoms with Crippen molar-refractivity contribution >= 4 is 23.4 Å². The van der Waals surface area contributed by atoms with Crippen LogP contribution in [0.1, 0.15) is 26.7 Å². The van der Waals surface area contributed by atoms with Crippen LogP contribution in [0.15, 0.2) is 24.3 Å². The molecular formula is C17H23ClN2O3. The van der Waals surface area contributed by atoms with Crippen molar-refractivity contribution in [3.8, 4) is 5.75 Å². The molecule has 1 aromatic carbocycles. The first-order chi connectivity index (χ1) is 11.0. The van der Waals surface area contributed by atoms with Crippen LogP contribution in [0.3, 0.4) is 0 Å². The highest BCUT2D eigenvalue weighted by atomic mass is 35.5. The molecule has 0 N–H and O–H groups in total. The second-order valence-electron chi connectivity index (χ2n) is 5.63. The van der Waals surface area contributed by atoms with E-state index in [1.165, 1.54) is 0 Å². The fourth-order valence-corrected chi connectivity index (χ4v) is 2.76. The maximum atomic E-state index is 12.5. The molecule has 0 aliphatic carbocycles. The van der Waals surface area contributed by atoms with Gasteiger partial charge in [-0.25, -0.2) is 0 Å². The van der Waals surface area contributed by atoms with E-state index in [0.717, 1.165) is 6.42 Å². The Morgan fingerprint density at radius 3 is 2.39 bits per heavy atom. The summed E-state index contributed by atoms with van der Waals surface area (Å²) in [5.74, 6) is 0.711. The number of ether oxygens (including phenoxy) is 1. The summed E-state index contributed by atoms with van der Waals surface area (Å²) in [6.07, 6.45) is 0.736. The Hall–Kier alpha value is -1.75. The molecule has 2 amide bonds. The Balaban J connectivity index is 1.91. The van der Waals surface area contributed by atoms with E-state index in [0.29, 0.717) is 43.4 Å². The van der Waals surface area contributed by atoms with Gasteiger partial charge in [-0.3, -0.25) is 9.59 Å². The van der Waals surface area contributed by atoms with Crippen molar-refractivity contribution < 1.29 is 14.3 Å². The third kappa shape index (κ3) is 4.86. The predicted octanol–water partition coefficient (Wildman–Crippen LogP) is 2.58. The monoisotopic (exact) mass is 338 g/mol. The standard InChI is InChI=1S/C17H23ClN2O3/c1-3-16(21)19-9-4-10-20(12-11-19)17(22)13(2)23-15-7-5-14(18)6-8-15/h5-8,13H,3-4,9-12H2,1-2H3. The molecule has 1 aliphatic rings. The molecule has 1 fully saturated rings.